The van der Waals surface area contributed by atoms with Gasteiger partial charge in [0.05, 0.1) is 28.3 Å². The van der Waals surface area contributed by atoms with Crippen molar-refractivity contribution in [1.82, 2.24) is 0 Å². The maximum atomic E-state index is 6.48. The first kappa shape index (κ1) is 31.9. The zero-order valence-corrected chi connectivity index (χ0v) is 30.0. The van der Waals surface area contributed by atoms with E-state index in [4.69, 9.17) is 58.8 Å². The second-order valence-electron chi connectivity index (χ2n) is 11.6. The molecule has 1 saturated heterocycles. The zero-order chi connectivity index (χ0) is 30.2. The van der Waals surface area contributed by atoms with E-state index in [2.05, 4.69) is 119 Å². The second kappa shape index (κ2) is 10.8. The van der Waals surface area contributed by atoms with Crippen molar-refractivity contribution >= 4 is 115 Å². The molecule has 6 rings (SSSR count). The normalized spacial score (nSPS) is 19.0. The second-order valence-corrected chi connectivity index (χ2v) is 31.1. The Labute approximate surface area is 272 Å². The Hall–Kier alpha value is -0.540. The first-order chi connectivity index (χ1) is 18.9. The number of ether oxygens (including phenoxy) is 1. The molecule has 214 valence electrons. The summed E-state index contributed by atoms with van der Waals surface area (Å²) in [6, 6.07) is 19.3. The molecule has 0 radical (unpaired) electrons. The number of rotatable bonds is 3. The summed E-state index contributed by atoms with van der Waals surface area (Å²) < 4.78 is 19.3. The van der Waals surface area contributed by atoms with Crippen LogP contribution in [0.4, 0.5) is 17.1 Å². The number of hydrogen-bond acceptors (Lipinski definition) is 9. The van der Waals surface area contributed by atoms with Gasteiger partial charge in [0.2, 0.25) is 0 Å². The summed E-state index contributed by atoms with van der Waals surface area (Å²) in [6.07, 6.45) is 0. The fourth-order valence-electron chi connectivity index (χ4n) is 5.14. The van der Waals surface area contributed by atoms with Gasteiger partial charge in [-0.3, -0.25) is 0 Å². The molecule has 4 nitrogen and oxygen atoms in total. The number of anilines is 3. The molecule has 0 saturated carbocycles. The molecular formula is C27H29B2NO3S8. The van der Waals surface area contributed by atoms with Crippen LogP contribution in [0.3, 0.4) is 0 Å². The first-order valence-corrected chi connectivity index (χ1v) is 21.9. The molecule has 3 aliphatic heterocycles. The number of hydrogen-bond donors (Lipinski definition) is 1. The van der Waals surface area contributed by atoms with Crippen molar-refractivity contribution in [2.24, 2.45) is 0 Å². The average molecular weight is 694 g/mol. The third kappa shape index (κ3) is 5.49. The van der Waals surface area contributed by atoms with Gasteiger partial charge in [-0.2, -0.15) is 0 Å². The standard InChI is InChI=1S/C27H28BNO3.BHS8/c1-25(2)18-11-7-8-12-20(18)29-21-13-9-10-14-22(21)30-23-16-17(15-19(25)24(23)29)28-31-26(3,4)27(5,6)32-28;2-1-8(3,4)9(5,6)7/h7-16H,1-6H3;(H,5,6,7). The molecule has 3 aromatic carbocycles. The van der Waals surface area contributed by atoms with Gasteiger partial charge in [0.15, 0.2) is 11.5 Å². The Balaban J connectivity index is 0.000000327. The molecule has 3 aromatic rings. The van der Waals surface area contributed by atoms with Crippen LogP contribution >= 0.6 is 23.7 Å². The molecule has 3 heterocycles. The Kier molecular flexibility index (Phi) is 8.41. The van der Waals surface area contributed by atoms with Gasteiger partial charge in [-0.25, -0.2) is 0 Å². The summed E-state index contributed by atoms with van der Waals surface area (Å²) in [5.74, 6) is 1.69. The van der Waals surface area contributed by atoms with Gasteiger partial charge in [-0.1, -0.05) is 50.2 Å². The van der Waals surface area contributed by atoms with Gasteiger partial charge in [0, 0.05) is 5.41 Å². The van der Waals surface area contributed by atoms with Gasteiger partial charge >= 0.3 is 92.3 Å². The van der Waals surface area contributed by atoms with Crippen molar-refractivity contribution in [3.8, 4) is 11.5 Å². The van der Waals surface area contributed by atoms with E-state index in [0.717, 1.165) is 28.3 Å². The fourth-order valence-corrected chi connectivity index (χ4v) is 9.11. The Morgan fingerprint density at radius 2 is 1.34 bits per heavy atom. The van der Waals surface area contributed by atoms with Gasteiger partial charge in [0.25, 0.3) is 0 Å². The van der Waals surface area contributed by atoms with E-state index < -0.39 is 29.6 Å². The first-order valence-electron chi connectivity index (χ1n) is 12.8. The molecule has 3 aliphatic rings. The number of fused-ring (bicyclic) bond motifs is 4. The van der Waals surface area contributed by atoms with Crippen LogP contribution in [0.5, 0.6) is 11.5 Å². The van der Waals surface area contributed by atoms with E-state index >= 15 is 0 Å². The summed E-state index contributed by atoms with van der Waals surface area (Å²) in [6.45, 7) is 12.9. The van der Waals surface area contributed by atoms with Crippen molar-refractivity contribution in [2.45, 2.75) is 58.2 Å². The molecule has 0 unspecified atom stereocenters. The quantitative estimate of drug-likeness (QED) is 0.141. The van der Waals surface area contributed by atoms with Gasteiger partial charge in [-0.05, 0) is 68.6 Å². The minimum absolute atomic E-state index is 0.202. The van der Waals surface area contributed by atoms with Crippen LogP contribution in [0.25, 0.3) is 0 Å². The molecule has 0 aliphatic carbocycles. The zero-order valence-electron chi connectivity index (χ0n) is 23.4. The monoisotopic (exact) mass is 693 g/mol. The predicted molar refractivity (Wildman–Crippen MR) is 196 cm³/mol. The maximum absolute atomic E-state index is 6.48. The van der Waals surface area contributed by atoms with Crippen molar-refractivity contribution in [1.29, 1.82) is 0 Å². The number of thiol groups is 1. The molecule has 1 fully saturated rings. The van der Waals surface area contributed by atoms with Crippen molar-refractivity contribution in [3.63, 3.8) is 0 Å². The van der Waals surface area contributed by atoms with Crippen LogP contribution in [-0.4, -0.2) is 23.8 Å². The third-order valence-electron chi connectivity index (χ3n) is 8.08. The summed E-state index contributed by atoms with van der Waals surface area (Å²) in [5.41, 5.74) is 7.19. The molecule has 0 bridgehead atoms. The molecule has 14 heteroatoms. The number of benzene rings is 3. The Morgan fingerprint density at radius 1 is 0.780 bits per heavy atom. The van der Waals surface area contributed by atoms with Crippen LogP contribution in [0, 0.1) is 0 Å². The minimum atomic E-state index is -1.94. The van der Waals surface area contributed by atoms with E-state index in [0.29, 0.717) is 0 Å². The molecule has 41 heavy (non-hydrogen) atoms. The molecule has 0 aromatic heterocycles. The van der Waals surface area contributed by atoms with Crippen molar-refractivity contribution in [3.05, 3.63) is 71.8 Å². The average Bonchev–Trinajstić information content (AvgIpc) is 3.12. The van der Waals surface area contributed by atoms with Gasteiger partial charge < -0.3 is 18.9 Å². The van der Waals surface area contributed by atoms with Crippen LogP contribution in [-0.2, 0) is 70.7 Å². The molecule has 0 amide bonds. The molecular weight excluding hydrogens is 664 g/mol. The van der Waals surface area contributed by atoms with Gasteiger partial charge in [-0.15, -0.1) is 0 Å². The summed E-state index contributed by atoms with van der Waals surface area (Å²) in [7, 11) is -0.441. The Morgan fingerprint density at radius 3 is 1.90 bits per heavy atom. The van der Waals surface area contributed by atoms with E-state index in [1.807, 2.05) is 12.1 Å². The van der Waals surface area contributed by atoms with Crippen LogP contribution < -0.4 is 15.1 Å². The molecule has 0 spiro atoms. The van der Waals surface area contributed by atoms with Gasteiger partial charge in [0.1, 0.15) is 0 Å². The number of nitrogens with zero attached hydrogens (tertiary/aromatic N) is 1. The fraction of sp³-hybridized carbons (Fsp3) is 0.333. The van der Waals surface area contributed by atoms with Crippen LogP contribution in [0.2, 0.25) is 0 Å². The molecule has 0 N–H and O–H groups in total. The third-order valence-corrected chi connectivity index (χ3v) is 28.1. The summed E-state index contributed by atoms with van der Waals surface area (Å²) >= 11 is 27.9. The number of para-hydroxylation sites is 3. The van der Waals surface area contributed by atoms with E-state index in [9.17, 15) is 0 Å². The van der Waals surface area contributed by atoms with E-state index in [-0.39, 0.29) is 5.41 Å². The summed E-state index contributed by atoms with van der Waals surface area (Å²) in [5, 5.41) is -1.94. The van der Waals surface area contributed by atoms with E-state index in [1.165, 1.54) is 22.2 Å². The Bertz CT molecular complexity index is 1770. The van der Waals surface area contributed by atoms with Crippen LogP contribution in [0.1, 0.15) is 52.7 Å². The molecule has 0 atom stereocenters. The topological polar surface area (TPSA) is 30.9 Å². The van der Waals surface area contributed by atoms with Crippen molar-refractivity contribution < 1.29 is 14.0 Å². The van der Waals surface area contributed by atoms with Crippen molar-refractivity contribution in [2.75, 3.05) is 4.90 Å². The van der Waals surface area contributed by atoms with E-state index in [1.54, 1.807) is 0 Å². The SMILES string of the molecule is CC1(C)c2ccccc2N2c3ccccc3Oc3cc(B4OC(C)(C)C(C)(C)O4)cc1c32.S=BS(=S)(=S)S(=S)(=S)S. The predicted octanol–water partition coefficient (Wildman–Crippen LogP) is 6.83. The summed E-state index contributed by atoms with van der Waals surface area (Å²) in [4.78, 5) is 2.35. The van der Waals surface area contributed by atoms with Crippen LogP contribution in [0.15, 0.2) is 60.7 Å².